The van der Waals surface area contributed by atoms with Crippen molar-refractivity contribution in [3.63, 3.8) is 0 Å². The van der Waals surface area contributed by atoms with Crippen LogP contribution in [0.3, 0.4) is 0 Å². The number of nitrogens with zero attached hydrogens (tertiary/aromatic N) is 2. The first-order chi connectivity index (χ1) is 9.43. The molecule has 0 unspecified atom stereocenters. The number of rotatable bonds is 4. The first-order valence-electron chi connectivity index (χ1n) is 6.33. The van der Waals surface area contributed by atoms with Gasteiger partial charge < -0.3 is 5.32 Å². The first-order valence-corrected chi connectivity index (χ1v) is 7.92. The molecule has 0 saturated carbocycles. The van der Waals surface area contributed by atoms with E-state index >= 15 is 0 Å². The Hall–Kier alpha value is -0.880. The Balaban J connectivity index is 2.21. The molecule has 0 spiro atoms. The largest absolute Gasteiger partial charge is 0.379 e. The standard InChI is InChI=1S/C14H16Br2FN3/c1-4-11-14(16)13(20(3)19-11)7-18-12-6-10(17)9(15)5-8(12)2/h5-6,18H,4,7H2,1-3H3. The summed E-state index contributed by atoms with van der Waals surface area (Å²) in [6.45, 7) is 4.60. The van der Waals surface area contributed by atoms with Crippen molar-refractivity contribution in [1.29, 1.82) is 0 Å². The van der Waals surface area contributed by atoms with Crippen LogP contribution in [-0.4, -0.2) is 9.78 Å². The van der Waals surface area contributed by atoms with E-state index in [0.29, 0.717) is 11.0 Å². The number of benzene rings is 1. The second-order valence-electron chi connectivity index (χ2n) is 4.62. The highest BCUT2D eigenvalue weighted by atomic mass is 79.9. The molecule has 2 aromatic rings. The van der Waals surface area contributed by atoms with Gasteiger partial charge in [-0.15, -0.1) is 0 Å². The fourth-order valence-corrected chi connectivity index (χ4v) is 3.24. The monoisotopic (exact) mass is 403 g/mol. The SMILES string of the molecule is CCc1nn(C)c(CNc2cc(F)c(Br)cc2C)c1Br. The predicted octanol–water partition coefficient (Wildman–Crippen LogP) is 4.57. The Morgan fingerprint density at radius 1 is 1.35 bits per heavy atom. The zero-order valence-corrected chi connectivity index (χ0v) is 14.8. The number of hydrogen-bond donors (Lipinski definition) is 1. The number of aromatic nitrogens is 2. The Morgan fingerprint density at radius 2 is 2.05 bits per heavy atom. The molecule has 0 saturated heterocycles. The fourth-order valence-electron chi connectivity index (χ4n) is 2.03. The van der Waals surface area contributed by atoms with Crippen molar-refractivity contribution in [3.8, 4) is 0 Å². The van der Waals surface area contributed by atoms with E-state index in [1.165, 1.54) is 6.07 Å². The lowest BCUT2D eigenvalue weighted by atomic mass is 10.2. The smallest absolute Gasteiger partial charge is 0.139 e. The molecule has 20 heavy (non-hydrogen) atoms. The summed E-state index contributed by atoms with van der Waals surface area (Å²) >= 11 is 6.76. The van der Waals surface area contributed by atoms with Crippen LogP contribution in [0, 0.1) is 12.7 Å². The van der Waals surface area contributed by atoms with Gasteiger partial charge in [0.2, 0.25) is 0 Å². The number of halogens is 3. The summed E-state index contributed by atoms with van der Waals surface area (Å²) in [6.07, 6.45) is 0.875. The van der Waals surface area contributed by atoms with E-state index in [2.05, 4.69) is 49.2 Å². The summed E-state index contributed by atoms with van der Waals surface area (Å²) in [6, 6.07) is 3.28. The van der Waals surface area contributed by atoms with E-state index in [0.717, 1.165) is 33.5 Å². The van der Waals surface area contributed by atoms with Gasteiger partial charge in [-0.1, -0.05) is 6.92 Å². The molecule has 0 aliphatic rings. The van der Waals surface area contributed by atoms with Crippen LogP contribution in [0.2, 0.25) is 0 Å². The predicted molar refractivity (Wildman–Crippen MR) is 86.4 cm³/mol. The molecular formula is C14H16Br2FN3. The van der Waals surface area contributed by atoms with E-state index in [-0.39, 0.29) is 5.82 Å². The highest BCUT2D eigenvalue weighted by Crippen LogP contribution is 2.26. The topological polar surface area (TPSA) is 29.9 Å². The minimum absolute atomic E-state index is 0.267. The highest BCUT2D eigenvalue weighted by Gasteiger charge is 2.13. The summed E-state index contributed by atoms with van der Waals surface area (Å²) in [7, 11) is 1.91. The first kappa shape index (κ1) is 15.5. The van der Waals surface area contributed by atoms with Crippen LogP contribution >= 0.6 is 31.9 Å². The number of nitrogens with one attached hydrogen (secondary N) is 1. The maximum Gasteiger partial charge on any atom is 0.139 e. The molecule has 0 atom stereocenters. The molecule has 108 valence electrons. The Morgan fingerprint density at radius 3 is 2.65 bits per heavy atom. The Labute approximate surface area is 134 Å². The Bertz CT molecular complexity index is 638. The van der Waals surface area contributed by atoms with Crippen molar-refractivity contribution in [3.05, 3.63) is 43.8 Å². The average molecular weight is 405 g/mol. The number of anilines is 1. The van der Waals surface area contributed by atoms with E-state index in [1.807, 2.05) is 18.7 Å². The van der Waals surface area contributed by atoms with Crippen LogP contribution in [0.4, 0.5) is 10.1 Å². The summed E-state index contributed by atoms with van der Waals surface area (Å²) in [4.78, 5) is 0. The van der Waals surface area contributed by atoms with Crippen LogP contribution in [0.25, 0.3) is 0 Å². The van der Waals surface area contributed by atoms with Gasteiger partial charge in [-0.2, -0.15) is 5.10 Å². The molecule has 1 heterocycles. The minimum atomic E-state index is -0.267. The average Bonchev–Trinajstić information content (AvgIpc) is 2.67. The van der Waals surface area contributed by atoms with Gasteiger partial charge in [-0.3, -0.25) is 4.68 Å². The molecule has 1 aromatic carbocycles. The van der Waals surface area contributed by atoms with Crippen LogP contribution in [0.15, 0.2) is 21.1 Å². The van der Waals surface area contributed by atoms with E-state index in [4.69, 9.17) is 0 Å². The second kappa shape index (κ2) is 6.26. The van der Waals surface area contributed by atoms with Crippen LogP contribution < -0.4 is 5.32 Å². The fraction of sp³-hybridized carbons (Fsp3) is 0.357. The molecule has 0 aliphatic heterocycles. The summed E-state index contributed by atoms with van der Waals surface area (Å²) < 4.78 is 16.9. The molecule has 0 fully saturated rings. The molecule has 1 aromatic heterocycles. The number of hydrogen-bond acceptors (Lipinski definition) is 2. The third-order valence-electron chi connectivity index (χ3n) is 3.22. The van der Waals surface area contributed by atoms with Gasteiger partial charge in [0.25, 0.3) is 0 Å². The molecule has 0 radical (unpaired) electrons. The van der Waals surface area contributed by atoms with Gasteiger partial charge in [0.15, 0.2) is 0 Å². The summed E-state index contributed by atoms with van der Waals surface area (Å²) in [5.74, 6) is -0.267. The molecular weight excluding hydrogens is 389 g/mol. The quantitative estimate of drug-likeness (QED) is 0.808. The van der Waals surface area contributed by atoms with Crippen molar-refractivity contribution in [2.75, 3.05) is 5.32 Å². The third-order valence-corrected chi connectivity index (χ3v) is 4.74. The molecule has 2 rings (SSSR count). The van der Waals surface area contributed by atoms with Crippen molar-refractivity contribution >= 4 is 37.5 Å². The normalized spacial score (nSPS) is 10.9. The minimum Gasteiger partial charge on any atom is -0.379 e. The van der Waals surface area contributed by atoms with E-state index < -0.39 is 0 Å². The molecule has 6 heteroatoms. The van der Waals surface area contributed by atoms with E-state index in [9.17, 15) is 4.39 Å². The molecule has 0 aliphatic carbocycles. The zero-order chi connectivity index (χ0) is 14.9. The van der Waals surface area contributed by atoms with Gasteiger partial charge >= 0.3 is 0 Å². The Kier molecular flexibility index (Phi) is 4.86. The van der Waals surface area contributed by atoms with Crippen molar-refractivity contribution < 1.29 is 4.39 Å². The van der Waals surface area contributed by atoms with Crippen molar-refractivity contribution in [2.24, 2.45) is 7.05 Å². The van der Waals surface area contributed by atoms with Gasteiger partial charge in [0, 0.05) is 12.7 Å². The molecule has 3 nitrogen and oxygen atoms in total. The van der Waals surface area contributed by atoms with E-state index in [1.54, 1.807) is 6.07 Å². The zero-order valence-electron chi connectivity index (χ0n) is 11.6. The maximum absolute atomic E-state index is 13.6. The third kappa shape index (κ3) is 3.06. The second-order valence-corrected chi connectivity index (χ2v) is 6.27. The van der Waals surface area contributed by atoms with Crippen LogP contribution in [0.1, 0.15) is 23.9 Å². The molecule has 1 N–H and O–H groups in total. The molecule has 0 amide bonds. The number of aryl methyl sites for hydroxylation is 3. The molecule has 0 bridgehead atoms. The van der Waals surface area contributed by atoms with Gasteiger partial charge in [0.1, 0.15) is 5.82 Å². The summed E-state index contributed by atoms with van der Waals surface area (Å²) in [5.41, 5.74) is 3.86. The van der Waals surface area contributed by atoms with Crippen molar-refractivity contribution in [1.82, 2.24) is 9.78 Å². The van der Waals surface area contributed by atoms with Crippen LogP contribution in [-0.2, 0) is 20.0 Å². The van der Waals surface area contributed by atoms with Gasteiger partial charge in [-0.05, 0) is 62.9 Å². The lowest BCUT2D eigenvalue weighted by Crippen LogP contribution is -2.07. The van der Waals surface area contributed by atoms with Crippen LogP contribution in [0.5, 0.6) is 0 Å². The van der Waals surface area contributed by atoms with Gasteiger partial charge in [-0.25, -0.2) is 4.39 Å². The summed E-state index contributed by atoms with van der Waals surface area (Å²) in [5, 5.41) is 7.71. The van der Waals surface area contributed by atoms with Crippen molar-refractivity contribution in [2.45, 2.75) is 26.8 Å². The lowest BCUT2D eigenvalue weighted by Gasteiger charge is -2.11. The van der Waals surface area contributed by atoms with Gasteiger partial charge in [0.05, 0.1) is 26.9 Å². The maximum atomic E-state index is 13.6. The highest BCUT2D eigenvalue weighted by molar-refractivity contribution is 9.10. The lowest BCUT2D eigenvalue weighted by molar-refractivity contribution is 0.621.